The van der Waals surface area contributed by atoms with E-state index in [1.54, 1.807) is 4.90 Å². The topological polar surface area (TPSA) is 90.5 Å². The molecule has 1 aromatic heterocycles. The number of aryl methyl sites for hydroxylation is 1. The molecule has 0 aliphatic carbocycles. The van der Waals surface area contributed by atoms with Crippen LogP contribution in [0.2, 0.25) is 0 Å². The summed E-state index contributed by atoms with van der Waals surface area (Å²) < 4.78 is 0. The maximum Gasteiger partial charge on any atom is 0.303 e. The molecule has 0 radical (unpaired) electrons. The molecule has 1 aromatic rings. The minimum Gasteiger partial charge on any atom is -0.481 e. The second-order valence-electron chi connectivity index (χ2n) is 6.62. The number of aromatic nitrogens is 1. The van der Waals surface area contributed by atoms with E-state index in [-0.39, 0.29) is 24.0 Å². The third-order valence-corrected chi connectivity index (χ3v) is 4.72. The Hall–Kier alpha value is -2.11. The largest absolute Gasteiger partial charge is 0.481 e. The van der Waals surface area contributed by atoms with Crippen LogP contribution < -0.4 is 0 Å². The predicted octanol–water partition coefficient (Wildman–Crippen LogP) is 2.81. The number of amides is 1. The average molecular weight is 334 g/mol. The zero-order valence-corrected chi connectivity index (χ0v) is 14.6. The fourth-order valence-corrected chi connectivity index (χ4v) is 3.58. The summed E-state index contributed by atoms with van der Waals surface area (Å²) in [6.45, 7) is 6.51. The summed E-state index contributed by atoms with van der Waals surface area (Å²) in [6.07, 6.45) is 3.13. The molecule has 0 aromatic carbocycles. The summed E-state index contributed by atoms with van der Waals surface area (Å²) in [5, 5.41) is 8.88. The van der Waals surface area contributed by atoms with Gasteiger partial charge < -0.3 is 15.0 Å². The predicted molar refractivity (Wildman–Crippen MR) is 90.4 cm³/mol. The minimum atomic E-state index is -0.781. The number of nitrogens with one attached hydrogen (secondary N) is 1. The highest BCUT2D eigenvalue weighted by molar-refractivity contribution is 6.02. The van der Waals surface area contributed by atoms with Crippen LogP contribution in [-0.4, -0.2) is 45.7 Å². The number of hydrogen-bond donors (Lipinski definition) is 2. The van der Waals surface area contributed by atoms with Gasteiger partial charge in [-0.05, 0) is 44.6 Å². The number of piperidine rings is 1. The number of H-pyrrole nitrogens is 1. The number of likely N-dealkylation sites (tertiary alicyclic amines) is 1. The van der Waals surface area contributed by atoms with Crippen molar-refractivity contribution in [1.29, 1.82) is 0 Å². The van der Waals surface area contributed by atoms with Crippen molar-refractivity contribution in [2.75, 3.05) is 13.1 Å². The van der Waals surface area contributed by atoms with E-state index < -0.39 is 5.97 Å². The van der Waals surface area contributed by atoms with E-state index in [0.29, 0.717) is 43.6 Å². The number of carboxylic acid groups (broad SMARTS) is 1. The smallest absolute Gasteiger partial charge is 0.303 e. The molecule has 2 heterocycles. The Morgan fingerprint density at radius 3 is 2.38 bits per heavy atom. The number of Topliss-reactive ketones (excluding diaryl/α,β-unsaturated/α-hetero) is 1. The lowest BCUT2D eigenvalue weighted by Gasteiger charge is -2.31. The lowest BCUT2D eigenvalue weighted by atomic mass is 9.93. The Balaban J connectivity index is 2.17. The Labute approximate surface area is 142 Å². The molecule has 1 amide bonds. The Morgan fingerprint density at radius 1 is 1.25 bits per heavy atom. The summed E-state index contributed by atoms with van der Waals surface area (Å²) in [4.78, 5) is 40.5. The van der Waals surface area contributed by atoms with Gasteiger partial charge in [0.2, 0.25) is 0 Å². The molecule has 0 atom stereocenters. The maximum atomic E-state index is 12.9. The van der Waals surface area contributed by atoms with Gasteiger partial charge >= 0.3 is 5.97 Å². The van der Waals surface area contributed by atoms with Crippen LogP contribution in [0.1, 0.15) is 71.6 Å². The molecule has 2 rings (SSSR count). The molecule has 0 bridgehead atoms. The maximum absolute atomic E-state index is 12.9. The standard InChI is InChI=1S/C18H26N2O4/c1-4-5-14-16(12(3)21)11(2)19-17(14)18(24)20-8-6-13(7-9-20)10-15(22)23/h13,19H,4-10H2,1-3H3,(H,22,23). The molecule has 2 N–H and O–H groups in total. The number of ketones is 1. The van der Waals surface area contributed by atoms with Gasteiger partial charge in [-0.25, -0.2) is 0 Å². The molecule has 1 aliphatic heterocycles. The highest BCUT2D eigenvalue weighted by Crippen LogP contribution is 2.26. The number of nitrogens with zero attached hydrogens (tertiary/aromatic N) is 1. The van der Waals surface area contributed by atoms with E-state index in [0.717, 1.165) is 17.7 Å². The number of carbonyl (C=O) groups excluding carboxylic acids is 2. The van der Waals surface area contributed by atoms with Crippen molar-refractivity contribution >= 4 is 17.7 Å². The van der Waals surface area contributed by atoms with E-state index in [1.165, 1.54) is 6.92 Å². The van der Waals surface area contributed by atoms with Crippen molar-refractivity contribution in [1.82, 2.24) is 9.88 Å². The Kier molecular flexibility index (Phi) is 5.80. The second kappa shape index (κ2) is 7.64. The fourth-order valence-electron chi connectivity index (χ4n) is 3.58. The van der Waals surface area contributed by atoms with Gasteiger partial charge in [-0.2, -0.15) is 0 Å². The first-order valence-corrected chi connectivity index (χ1v) is 8.58. The summed E-state index contributed by atoms with van der Waals surface area (Å²) in [5.74, 6) is -0.745. The van der Waals surface area contributed by atoms with Gasteiger partial charge in [0.25, 0.3) is 5.91 Å². The number of aromatic amines is 1. The second-order valence-corrected chi connectivity index (χ2v) is 6.62. The van der Waals surface area contributed by atoms with E-state index in [4.69, 9.17) is 5.11 Å². The first kappa shape index (κ1) is 18.2. The van der Waals surface area contributed by atoms with Crippen LogP contribution in [0.4, 0.5) is 0 Å². The van der Waals surface area contributed by atoms with Crippen LogP contribution in [0.25, 0.3) is 0 Å². The van der Waals surface area contributed by atoms with E-state index in [9.17, 15) is 14.4 Å². The molecule has 1 aliphatic rings. The third kappa shape index (κ3) is 3.86. The van der Waals surface area contributed by atoms with Crippen molar-refractivity contribution < 1.29 is 19.5 Å². The molecule has 0 saturated carbocycles. The zero-order valence-electron chi connectivity index (χ0n) is 14.6. The summed E-state index contributed by atoms with van der Waals surface area (Å²) >= 11 is 0. The molecule has 0 spiro atoms. The lowest BCUT2D eigenvalue weighted by Crippen LogP contribution is -2.39. The van der Waals surface area contributed by atoms with Gasteiger partial charge in [-0.1, -0.05) is 13.3 Å². The minimum absolute atomic E-state index is 0.0218. The monoisotopic (exact) mass is 334 g/mol. The molecule has 24 heavy (non-hydrogen) atoms. The summed E-state index contributed by atoms with van der Waals surface area (Å²) in [5.41, 5.74) is 2.73. The first-order chi connectivity index (χ1) is 11.3. The van der Waals surface area contributed by atoms with Crippen molar-refractivity contribution in [3.8, 4) is 0 Å². The molecule has 6 nitrogen and oxygen atoms in total. The summed E-state index contributed by atoms with van der Waals surface area (Å²) in [6, 6.07) is 0. The van der Waals surface area contributed by atoms with Gasteiger partial charge in [0.1, 0.15) is 5.69 Å². The Bertz CT molecular complexity index is 640. The van der Waals surface area contributed by atoms with Crippen LogP contribution in [0.15, 0.2) is 0 Å². The van der Waals surface area contributed by atoms with Crippen LogP contribution >= 0.6 is 0 Å². The molecule has 6 heteroatoms. The molecule has 1 saturated heterocycles. The fraction of sp³-hybridized carbons (Fsp3) is 0.611. The number of carbonyl (C=O) groups is 3. The van der Waals surface area contributed by atoms with Crippen LogP contribution in [-0.2, 0) is 11.2 Å². The molecule has 0 unspecified atom stereocenters. The normalized spacial score (nSPS) is 15.5. The lowest BCUT2D eigenvalue weighted by molar-refractivity contribution is -0.138. The van der Waals surface area contributed by atoms with Gasteiger partial charge in [0.15, 0.2) is 5.78 Å². The van der Waals surface area contributed by atoms with Gasteiger partial charge in [-0.3, -0.25) is 14.4 Å². The van der Waals surface area contributed by atoms with Gasteiger partial charge in [0.05, 0.1) is 0 Å². The summed E-state index contributed by atoms with van der Waals surface area (Å²) in [7, 11) is 0. The number of aliphatic carboxylic acids is 1. The highest BCUT2D eigenvalue weighted by atomic mass is 16.4. The molecule has 1 fully saturated rings. The van der Waals surface area contributed by atoms with Crippen molar-refractivity contribution in [3.63, 3.8) is 0 Å². The van der Waals surface area contributed by atoms with Crippen molar-refractivity contribution in [2.24, 2.45) is 5.92 Å². The molecular weight excluding hydrogens is 308 g/mol. The number of rotatable bonds is 6. The van der Waals surface area contributed by atoms with E-state index in [2.05, 4.69) is 4.98 Å². The molecule has 132 valence electrons. The van der Waals surface area contributed by atoms with Crippen molar-refractivity contribution in [2.45, 2.75) is 52.9 Å². The zero-order chi connectivity index (χ0) is 17.9. The number of hydrogen-bond acceptors (Lipinski definition) is 3. The first-order valence-electron chi connectivity index (χ1n) is 8.58. The van der Waals surface area contributed by atoms with E-state index >= 15 is 0 Å². The number of carboxylic acids is 1. The van der Waals surface area contributed by atoms with Crippen molar-refractivity contribution in [3.05, 3.63) is 22.5 Å². The SMILES string of the molecule is CCCc1c(C(=O)N2CCC(CC(=O)O)CC2)[nH]c(C)c1C(C)=O. The third-order valence-electron chi connectivity index (χ3n) is 4.72. The van der Waals surface area contributed by atoms with Crippen LogP contribution in [0.5, 0.6) is 0 Å². The highest BCUT2D eigenvalue weighted by Gasteiger charge is 2.29. The average Bonchev–Trinajstić information content (AvgIpc) is 2.84. The van der Waals surface area contributed by atoms with Gasteiger partial charge in [-0.15, -0.1) is 0 Å². The van der Waals surface area contributed by atoms with Crippen LogP contribution in [0.3, 0.4) is 0 Å². The quantitative estimate of drug-likeness (QED) is 0.783. The molecular formula is C18H26N2O4. The Morgan fingerprint density at radius 2 is 1.88 bits per heavy atom. The van der Waals surface area contributed by atoms with Crippen LogP contribution in [0, 0.1) is 12.8 Å². The van der Waals surface area contributed by atoms with E-state index in [1.807, 2.05) is 13.8 Å². The van der Waals surface area contributed by atoms with Gasteiger partial charge in [0, 0.05) is 30.8 Å².